The van der Waals surface area contributed by atoms with Crippen LogP contribution in [-0.4, -0.2) is 28.7 Å². The quantitative estimate of drug-likeness (QED) is 0.714. The van der Waals surface area contributed by atoms with Crippen molar-refractivity contribution in [2.24, 2.45) is 11.8 Å². The van der Waals surface area contributed by atoms with Crippen molar-refractivity contribution in [2.75, 3.05) is 0 Å². The molecule has 0 aromatic heterocycles. The smallest absolute Gasteiger partial charge is 0.329 e. The molecule has 19 heavy (non-hydrogen) atoms. The summed E-state index contributed by atoms with van der Waals surface area (Å²) in [5, 5.41) is 14.9. The first-order valence-corrected chi connectivity index (χ1v) is 7.32. The standard InChI is InChI=1S/C14H24N2O3/c1-3-14(4-2,12(17)18)16-13(19)15-11-8-9-5-6-10(11)7-9/h9-11H,3-8H2,1-2H3,(H,17,18)(H2,15,16,19). The number of carbonyl (C=O) groups is 2. The Balaban J connectivity index is 1.91. The molecule has 0 heterocycles. The number of rotatable bonds is 5. The first-order valence-electron chi connectivity index (χ1n) is 7.32. The lowest BCUT2D eigenvalue weighted by Gasteiger charge is -2.30. The molecule has 108 valence electrons. The molecule has 0 radical (unpaired) electrons. The van der Waals surface area contributed by atoms with E-state index in [0.717, 1.165) is 12.3 Å². The molecule has 3 atom stereocenters. The molecule has 2 bridgehead atoms. The van der Waals surface area contributed by atoms with Gasteiger partial charge in [-0.05, 0) is 43.9 Å². The van der Waals surface area contributed by atoms with Gasteiger partial charge in [0.1, 0.15) is 5.54 Å². The maximum atomic E-state index is 12.0. The van der Waals surface area contributed by atoms with Gasteiger partial charge in [-0.2, -0.15) is 0 Å². The van der Waals surface area contributed by atoms with Gasteiger partial charge in [-0.3, -0.25) is 0 Å². The summed E-state index contributed by atoms with van der Waals surface area (Å²) < 4.78 is 0. The van der Waals surface area contributed by atoms with Crippen LogP contribution in [0.25, 0.3) is 0 Å². The number of nitrogens with one attached hydrogen (secondary N) is 2. The average molecular weight is 268 g/mol. The van der Waals surface area contributed by atoms with E-state index in [0.29, 0.717) is 18.8 Å². The first kappa shape index (κ1) is 14.2. The summed E-state index contributed by atoms with van der Waals surface area (Å²) >= 11 is 0. The Kier molecular flexibility index (Phi) is 4.02. The molecule has 0 saturated heterocycles. The lowest BCUT2D eigenvalue weighted by atomic mass is 9.93. The zero-order chi connectivity index (χ0) is 14.0. The summed E-state index contributed by atoms with van der Waals surface area (Å²) in [6.07, 6.45) is 5.54. The Morgan fingerprint density at radius 1 is 1.21 bits per heavy atom. The second kappa shape index (κ2) is 5.39. The van der Waals surface area contributed by atoms with Crippen LogP contribution in [0.3, 0.4) is 0 Å². The lowest BCUT2D eigenvalue weighted by Crippen LogP contribution is -2.58. The first-order chi connectivity index (χ1) is 9.00. The van der Waals surface area contributed by atoms with Crippen LogP contribution in [0.5, 0.6) is 0 Å². The van der Waals surface area contributed by atoms with E-state index in [1.165, 1.54) is 19.3 Å². The van der Waals surface area contributed by atoms with Gasteiger partial charge in [-0.25, -0.2) is 9.59 Å². The molecule has 0 spiro atoms. The van der Waals surface area contributed by atoms with Crippen molar-refractivity contribution >= 4 is 12.0 Å². The Morgan fingerprint density at radius 3 is 2.32 bits per heavy atom. The minimum absolute atomic E-state index is 0.235. The van der Waals surface area contributed by atoms with Crippen LogP contribution in [0.4, 0.5) is 4.79 Å². The normalized spacial score (nSPS) is 29.3. The van der Waals surface area contributed by atoms with E-state index in [1.54, 1.807) is 13.8 Å². The molecule has 2 aliphatic rings. The van der Waals surface area contributed by atoms with Gasteiger partial charge in [0.05, 0.1) is 0 Å². The molecule has 2 rings (SSSR count). The van der Waals surface area contributed by atoms with E-state index in [-0.39, 0.29) is 12.1 Å². The lowest BCUT2D eigenvalue weighted by molar-refractivity contribution is -0.144. The van der Waals surface area contributed by atoms with Crippen LogP contribution < -0.4 is 10.6 Å². The van der Waals surface area contributed by atoms with Gasteiger partial charge in [0, 0.05) is 6.04 Å². The Labute approximate surface area is 114 Å². The van der Waals surface area contributed by atoms with Gasteiger partial charge in [0.15, 0.2) is 0 Å². The number of aliphatic carboxylic acids is 1. The highest BCUT2D eigenvalue weighted by Gasteiger charge is 2.42. The molecule has 0 aromatic carbocycles. The highest BCUT2D eigenvalue weighted by molar-refractivity contribution is 5.86. The maximum Gasteiger partial charge on any atom is 0.329 e. The number of carboxylic acids is 1. The summed E-state index contributed by atoms with van der Waals surface area (Å²) in [7, 11) is 0. The van der Waals surface area contributed by atoms with E-state index < -0.39 is 11.5 Å². The minimum Gasteiger partial charge on any atom is -0.480 e. The van der Waals surface area contributed by atoms with Gasteiger partial charge >= 0.3 is 12.0 Å². The summed E-state index contributed by atoms with van der Waals surface area (Å²) in [6, 6.07) is -0.0948. The fourth-order valence-electron chi connectivity index (χ4n) is 3.63. The molecule has 2 aliphatic carbocycles. The van der Waals surface area contributed by atoms with E-state index in [2.05, 4.69) is 10.6 Å². The van der Waals surface area contributed by atoms with Gasteiger partial charge < -0.3 is 15.7 Å². The monoisotopic (exact) mass is 268 g/mol. The van der Waals surface area contributed by atoms with Crippen molar-refractivity contribution in [3.63, 3.8) is 0 Å². The SMILES string of the molecule is CCC(CC)(NC(=O)NC1CC2CCC1C2)C(=O)O. The van der Waals surface area contributed by atoms with E-state index in [1.807, 2.05) is 0 Å². The summed E-state index contributed by atoms with van der Waals surface area (Å²) in [6.45, 7) is 3.57. The largest absolute Gasteiger partial charge is 0.480 e. The molecular formula is C14H24N2O3. The molecule has 0 aliphatic heterocycles. The van der Waals surface area contributed by atoms with Gasteiger partial charge in [0.2, 0.25) is 0 Å². The predicted octanol–water partition coefficient (Wildman–Crippen LogP) is 2.12. The number of hydrogen-bond donors (Lipinski definition) is 3. The minimum atomic E-state index is -1.14. The number of hydrogen-bond acceptors (Lipinski definition) is 2. The Bertz CT molecular complexity index is 366. The highest BCUT2D eigenvalue weighted by atomic mass is 16.4. The number of carbonyl (C=O) groups excluding carboxylic acids is 1. The maximum absolute atomic E-state index is 12.0. The Morgan fingerprint density at radius 2 is 1.89 bits per heavy atom. The molecule has 0 aromatic rings. The van der Waals surface area contributed by atoms with Crippen molar-refractivity contribution < 1.29 is 14.7 Å². The van der Waals surface area contributed by atoms with Crippen LogP contribution in [0.15, 0.2) is 0 Å². The number of amides is 2. The fourth-order valence-corrected chi connectivity index (χ4v) is 3.63. The third-order valence-electron chi connectivity index (χ3n) is 5.02. The molecular weight excluding hydrogens is 244 g/mol. The molecule has 3 unspecified atom stereocenters. The fraction of sp³-hybridized carbons (Fsp3) is 0.857. The topological polar surface area (TPSA) is 78.4 Å². The third-order valence-corrected chi connectivity index (χ3v) is 5.02. The van der Waals surface area contributed by atoms with Gasteiger partial charge in [-0.1, -0.05) is 20.3 Å². The van der Waals surface area contributed by atoms with Crippen molar-refractivity contribution in [3.8, 4) is 0 Å². The Hall–Kier alpha value is -1.26. The summed E-state index contributed by atoms with van der Waals surface area (Å²) in [5.74, 6) is 0.399. The van der Waals surface area contributed by atoms with Crippen molar-refractivity contribution in [1.29, 1.82) is 0 Å². The van der Waals surface area contributed by atoms with Gasteiger partial charge in [-0.15, -0.1) is 0 Å². The summed E-state index contributed by atoms with van der Waals surface area (Å²) in [4.78, 5) is 23.4. The average Bonchev–Trinajstić information content (AvgIpc) is 2.97. The van der Waals surface area contributed by atoms with Crippen LogP contribution in [0, 0.1) is 11.8 Å². The molecule has 5 heteroatoms. The van der Waals surface area contributed by atoms with E-state index in [4.69, 9.17) is 0 Å². The number of carboxylic acid groups (broad SMARTS) is 1. The molecule has 2 amide bonds. The second-order valence-electron chi connectivity index (χ2n) is 5.97. The van der Waals surface area contributed by atoms with Crippen molar-refractivity contribution in [2.45, 2.75) is 64.0 Å². The van der Waals surface area contributed by atoms with Crippen LogP contribution >= 0.6 is 0 Å². The van der Waals surface area contributed by atoms with Crippen LogP contribution in [0.2, 0.25) is 0 Å². The molecule has 2 fully saturated rings. The number of urea groups is 1. The second-order valence-corrected chi connectivity index (χ2v) is 5.97. The van der Waals surface area contributed by atoms with Crippen molar-refractivity contribution in [1.82, 2.24) is 10.6 Å². The zero-order valence-corrected chi connectivity index (χ0v) is 11.7. The number of fused-ring (bicyclic) bond motifs is 2. The molecule has 3 N–H and O–H groups in total. The molecule has 2 saturated carbocycles. The zero-order valence-electron chi connectivity index (χ0n) is 11.7. The molecule has 5 nitrogen and oxygen atoms in total. The van der Waals surface area contributed by atoms with Gasteiger partial charge in [0.25, 0.3) is 0 Å². The van der Waals surface area contributed by atoms with Crippen molar-refractivity contribution in [3.05, 3.63) is 0 Å². The van der Waals surface area contributed by atoms with E-state index >= 15 is 0 Å². The predicted molar refractivity (Wildman–Crippen MR) is 71.9 cm³/mol. The highest BCUT2D eigenvalue weighted by Crippen LogP contribution is 2.44. The third kappa shape index (κ3) is 2.69. The van der Waals surface area contributed by atoms with Crippen LogP contribution in [-0.2, 0) is 4.79 Å². The summed E-state index contributed by atoms with van der Waals surface area (Å²) in [5.41, 5.74) is -1.14. The van der Waals surface area contributed by atoms with E-state index in [9.17, 15) is 14.7 Å². The van der Waals surface area contributed by atoms with Crippen LogP contribution in [0.1, 0.15) is 52.4 Å².